The highest BCUT2D eigenvalue weighted by molar-refractivity contribution is 5.68. The molecule has 2 aliphatic heterocycles. The van der Waals surface area contributed by atoms with Crippen LogP contribution in [0.1, 0.15) is 52.0 Å². The van der Waals surface area contributed by atoms with Crippen LogP contribution in [0.3, 0.4) is 0 Å². The van der Waals surface area contributed by atoms with Gasteiger partial charge < -0.3 is 24.0 Å². The Kier molecular flexibility index (Phi) is 7.99. The van der Waals surface area contributed by atoms with Crippen LogP contribution in [0.15, 0.2) is 30.3 Å². The molecule has 2 amide bonds. The molecule has 4 rings (SSSR count). The quantitative estimate of drug-likeness (QED) is 0.646. The predicted molar refractivity (Wildman–Crippen MR) is 128 cm³/mol. The highest BCUT2D eigenvalue weighted by Crippen LogP contribution is 2.32. The van der Waals surface area contributed by atoms with Gasteiger partial charge in [-0.3, -0.25) is 4.90 Å². The summed E-state index contributed by atoms with van der Waals surface area (Å²) in [5.74, 6) is 0. The van der Waals surface area contributed by atoms with Gasteiger partial charge in [0.1, 0.15) is 12.2 Å². The summed E-state index contributed by atoms with van der Waals surface area (Å²) in [6, 6.07) is 10.3. The first-order valence-corrected chi connectivity index (χ1v) is 12.6. The van der Waals surface area contributed by atoms with Gasteiger partial charge in [0.15, 0.2) is 0 Å². The lowest BCUT2D eigenvalue weighted by atomic mass is 9.87. The molecule has 0 aromatic heterocycles. The van der Waals surface area contributed by atoms with Gasteiger partial charge in [0, 0.05) is 45.3 Å². The number of likely N-dealkylation sites (tertiary alicyclic amines) is 1. The first-order chi connectivity index (χ1) is 16.3. The minimum Gasteiger partial charge on any atom is -0.445 e. The van der Waals surface area contributed by atoms with Crippen molar-refractivity contribution in [3.8, 4) is 0 Å². The molecule has 0 spiro atoms. The Morgan fingerprint density at radius 3 is 2.09 bits per heavy atom. The van der Waals surface area contributed by atoms with E-state index in [1.54, 1.807) is 4.90 Å². The van der Waals surface area contributed by atoms with Crippen LogP contribution in [0.4, 0.5) is 9.59 Å². The van der Waals surface area contributed by atoms with Crippen molar-refractivity contribution in [3.63, 3.8) is 0 Å². The molecule has 8 heteroatoms. The Hall–Kier alpha value is -2.32. The van der Waals surface area contributed by atoms with Gasteiger partial charge in [-0.1, -0.05) is 30.3 Å². The fraction of sp³-hybridized carbons (Fsp3) is 0.692. The molecule has 3 fully saturated rings. The maximum atomic E-state index is 12.4. The molecule has 188 valence electrons. The Bertz CT molecular complexity index is 805. The number of amides is 2. The minimum absolute atomic E-state index is 0.223. The third kappa shape index (κ3) is 6.85. The normalized spacial score (nSPS) is 24.4. The number of nitrogens with zero attached hydrogens (tertiary/aromatic N) is 3. The molecule has 3 aliphatic rings. The summed E-state index contributed by atoms with van der Waals surface area (Å²) in [7, 11) is 0. The molecule has 0 unspecified atom stereocenters. The number of hydrogen-bond donors (Lipinski definition) is 0. The van der Waals surface area contributed by atoms with Crippen LogP contribution in [-0.4, -0.2) is 90.0 Å². The minimum atomic E-state index is -0.459. The number of ether oxygens (including phenoxy) is 3. The van der Waals surface area contributed by atoms with Crippen LogP contribution in [0.5, 0.6) is 0 Å². The Morgan fingerprint density at radius 2 is 1.47 bits per heavy atom. The fourth-order valence-electron chi connectivity index (χ4n) is 4.80. The van der Waals surface area contributed by atoms with E-state index in [1.807, 2.05) is 56.0 Å². The second-order valence-electron chi connectivity index (χ2n) is 10.6. The predicted octanol–water partition coefficient (Wildman–Crippen LogP) is 3.89. The standard InChI is InChI=1S/C26H39N3O5/c1-26(2,3)34-25(31)28-11-9-22(10-12-28)33-23-17-21(18-23)27-13-15-29(16-14-27)24(30)32-19-20-7-5-4-6-8-20/h4-8,21-23H,9-19H2,1-3H3. The van der Waals surface area contributed by atoms with Gasteiger partial charge in [-0.2, -0.15) is 0 Å². The molecule has 0 radical (unpaired) electrons. The van der Waals surface area contributed by atoms with Crippen LogP contribution in [0.25, 0.3) is 0 Å². The monoisotopic (exact) mass is 473 g/mol. The van der Waals surface area contributed by atoms with E-state index in [0.717, 1.165) is 44.3 Å². The second kappa shape index (κ2) is 11.0. The number of carbonyl (C=O) groups excluding carboxylic acids is 2. The summed E-state index contributed by atoms with van der Waals surface area (Å²) in [4.78, 5) is 30.7. The van der Waals surface area contributed by atoms with Gasteiger partial charge in [0.25, 0.3) is 0 Å². The zero-order chi connectivity index (χ0) is 24.1. The van der Waals surface area contributed by atoms with Gasteiger partial charge in [0.2, 0.25) is 0 Å². The van der Waals surface area contributed by atoms with E-state index in [-0.39, 0.29) is 18.3 Å². The second-order valence-corrected chi connectivity index (χ2v) is 10.6. The summed E-state index contributed by atoms with van der Waals surface area (Å²) >= 11 is 0. The number of benzene rings is 1. The molecule has 1 aromatic carbocycles. The van der Waals surface area contributed by atoms with Crippen LogP contribution >= 0.6 is 0 Å². The molecule has 0 atom stereocenters. The van der Waals surface area contributed by atoms with Gasteiger partial charge >= 0.3 is 12.2 Å². The van der Waals surface area contributed by atoms with Crippen molar-refractivity contribution < 1.29 is 23.8 Å². The lowest BCUT2D eigenvalue weighted by Gasteiger charge is -2.47. The zero-order valence-corrected chi connectivity index (χ0v) is 20.8. The Balaban J connectivity index is 1.09. The maximum absolute atomic E-state index is 12.4. The summed E-state index contributed by atoms with van der Waals surface area (Å²) in [5.41, 5.74) is 0.546. The number of hydrogen-bond acceptors (Lipinski definition) is 6. The average molecular weight is 474 g/mol. The van der Waals surface area contributed by atoms with Crippen molar-refractivity contribution in [1.82, 2.24) is 14.7 Å². The summed E-state index contributed by atoms with van der Waals surface area (Å²) in [5, 5.41) is 0. The number of piperidine rings is 1. The van der Waals surface area contributed by atoms with Crippen LogP contribution in [0.2, 0.25) is 0 Å². The molecule has 0 N–H and O–H groups in total. The molecule has 34 heavy (non-hydrogen) atoms. The number of rotatable bonds is 5. The molecular formula is C26H39N3O5. The summed E-state index contributed by atoms with van der Waals surface area (Å²) < 4.78 is 17.3. The van der Waals surface area contributed by atoms with Crippen molar-refractivity contribution >= 4 is 12.2 Å². The average Bonchev–Trinajstić information content (AvgIpc) is 2.80. The third-order valence-electron chi connectivity index (χ3n) is 6.84. The first kappa shape index (κ1) is 24.8. The third-order valence-corrected chi connectivity index (χ3v) is 6.84. The van der Waals surface area contributed by atoms with Gasteiger partial charge in [0.05, 0.1) is 12.2 Å². The largest absolute Gasteiger partial charge is 0.445 e. The Labute approximate surface area is 203 Å². The van der Waals surface area contributed by atoms with Gasteiger partial charge in [-0.25, -0.2) is 9.59 Å². The first-order valence-electron chi connectivity index (χ1n) is 12.6. The van der Waals surface area contributed by atoms with E-state index in [1.165, 1.54) is 0 Å². The van der Waals surface area contributed by atoms with Gasteiger partial charge in [-0.15, -0.1) is 0 Å². The van der Waals surface area contributed by atoms with Crippen molar-refractivity contribution in [2.24, 2.45) is 0 Å². The van der Waals surface area contributed by atoms with E-state index in [9.17, 15) is 9.59 Å². The molecule has 2 heterocycles. The van der Waals surface area contributed by atoms with Crippen LogP contribution < -0.4 is 0 Å². The molecule has 0 bridgehead atoms. The smallest absolute Gasteiger partial charge is 0.410 e. The summed E-state index contributed by atoms with van der Waals surface area (Å²) in [6.45, 7) is 10.6. The highest BCUT2D eigenvalue weighted by Gasteiger charge is 2.38. The number of carbonyl (C=O) groups is 2. The molecule has 1 aliphatic carbocycles. The summed E-state index contributed by atoms with van der Waals surface area (Å²) in [6.07, 6.45) is 3.90. The van der Waals surface area contributed by atoms with Crippen molar-refractivity contribution in [2.75, 3.05) is 39.3 Å². The van der Waals surface area contributed by atoms with E-state index >= 15 is 0 Å². The maximum Gasteiger partial charge on any atom is 0.410 e. The SMILES string of the molecule is CC(C)(C)OC(=O)N1CCC(OC2CC(N3CCN(C(=O)OCc4ccccc4)CC3)C2)CC1. The topological polar surface area (TPSA) is 71.5 Å². The number of piperazine rings is 1. The fourth-order valence-corrected chi connectivity index (χ4v) is 4.80. The van der Waals surface area contributed by atoms with Crippen LogP contribution in [-0.2, 0) is 20.8 Å². The van der Waals surface area contributed by atoms with Crippen molar-refractivity contribution in [3.05, 3.63) is 35.9 Å². The van der Waals surface area contributed by atoms with E-state index in [4.69, 9.17) is 14.2 Å². The highest BCUT2D eigenvalue weighted by atomic mass is 16.6. The molecule has 1 saturated carbocycles. The molecule has 8 nitrogen and oxygen atoms in total. The zero-order valence-electron chi connectivity index (χ0n) is 20.8. The molecule has 1 aromatic rings. The Morgan fingerprint density at radius 1 is 0.853 bits per heavy atom. The molecular weight excluding hydrogens is 434 g/mol. The van der Waals surface area contributed by atoms with Crippen molar-refractivity contribution in [2.45, 2.75) is 76.9 Å². The van der Waals surface area contributed by atoms with E-state index in [0.29, 0.717) is 44.9 Å². The van der Waals surface area contributed by atoms with Crippen LogP contribution in [0, 0.1) is 0 Å². The van der Waals surface area contributed by atoms with E-state index < -0.39 is 5.60 Å². The lowest BCUT2D eigenvalue weighted by molar-refractivity contribution is -0.107. The lowest BCUT2D eigenvalue weighted by Crippen LogP contribution is -2.57. The van der Waals surface area contributed by atoms with Gasteiger partial charge in [-0.05, 0) is 52.0 Å². The molecule has 2 saturated heterocycles. The van der Waals surface area contributed by atoms with E-state index in [2.05, 4.69) is 4.90 Å². The van der Waals surface area contributed by atoms with Crippen molar-refractivity contribution in [1.29, 1.82) is 0 Å².